The Hall–Kier alpha value is -2.19. The highest BCUT2D eigenvalue weighted by Gasteiger charge is 2.34. The third kappa shape index (κ3) is 5.07. The molecule has 2 aromatic rings. The Labute approximate surface area is 191 Å². The molecule has 2 aliphatic rings. The predicted molar refractivity (Wildman–Crippen MR) is 124 cm³/mol. The molecule has 0 amide bonds. The van der Waals surface area contributed by atoms with E-state index in [1.807, 2.05) is 16.8 Å². The topological polar surface area (TPSA) is 68.5 Å². The second kappa shape index (κ2) is 10.6. The number of methoxy groups -OCH3 is 2. The number of ether oxygens (including phenoxy) is 2. The van der Waals surface area contributed by atoms with Gasteiger partial charge in [0, 0.05) is 44.3 Å². The molecule has 0 radical (unpaired) electrons. The van der Waals surface area contributed by atoms with Crippen molar-refractivity contribution in [1.29, 1.82) is 0 Å². The van der Waals surface area contributed by atoms with Crippen LogP contribution < -0.4 is 9.47 Å². The largest absolute Gasteiger partial charge is 0.497 e. The smallest absolute Gasteiger partial charge is 0.173 e. The molecule has 1 saturated heterocycles. The summed E-state index contributed by atoms with van der Waals surface area (Å²) in [7, 11) is 3.43. The third-order valence-electron chi connectivity index (χ3n) is 7.01. The number of hydrogen-bond acceptors (Lipinski definition) is 7. The lowest BCUT2D eigenvalue weighted by Gasteiger charge is -2.41. The molecule has 1 unspecified atom stereocenters. The van der Waals surface area contributed by atoms with Gasteiger partial charge in [-0.1, -0.05) is 26.7 Å². The highest BCUT2D eigenvalue weighted by molar-refractivity contribution is 5.44. The van der Waals surface area contributed by atoms with Crippen molar-refractivity contribution in [3.05, 3.63) is 29.6 Å². The van der Waals surface area contributed by atoms with Crippen LogP contribution in [0.2, 0.25) is 0 Å². The molecule has 1 aliphatic heterocycles. The van der Waals surface area contributed by atoms with E-state index in [1.54, 1.807) is 14.2 Å². The fourth-order valence-corrected chi connectivity index (χ4v) is 5.13. The lowest BCUT2D eigenvalue weighted by atomic mass is 10.0. The van der Waals surface area contributed by atoms with Crippen molar-refractivity contribution in [3.8, 4) is 11.5 Å². The molecule has 32 heavy (non-hydrogen) atoms. The Kier molecular flexibility index (Phi) is 7.63. The maximum atomic E-state index is 5.78. The summed E-state index contributed by atoms with van der Waals surface area (Å²) in [6.07, 6.45) is 6.48. The third-order valence-corrected chi connectivity index (χ3v) is 7.01. The maximum Gasteiger partial charge on any atom is 0.173 e. The number of aromatic nitrogens is 4. The number of tetrazole rings is 1. The van der Waals surface area contributed by atoms with Gasteiger partial charge in [0.2, 0.25) is 0 Å². The number of aryl methyl sites for hydroxylation is 1. The van der Waals surface area contributed by atoms with Crippen LogP contribution in [0.25, 0.3) is 0 Å². The van der Waals surface area contributed by atoms with Crippen molar-refractivity contribution < 1.29 is 9.47 Å². The lowest BCUT2D eigenvalue weighted by molar-refractivity contribution is 0.0761. The summed E-state index contributed by atoms with van der Waals surface area (Å²) in [6.45, 7) is 9.41. The molecule has 0 bridgehead atoms. The maximum absolute atomic E-state index is 5.78. The molecule has 2 fully saturated rings. The molecule has 2 heterocycles. The van der Waals surface area contributed by atoms with Gasteiger partial charge in [-0.15, -0.1) is 5.10 Å². The first-order valence-corrected chi connectivity index (χ1v) is 12.1. The summed E-state index contributed by atoms with van der Waals surface area (Å²) >= 11 is 0. The second-order valence-corrected chi connectivity index (χ2v) is 9.46. The van der Waals surface area contributed by atoms with Crippen molar-refractivity contribution in [2.24, 2.45) is 5.92 Å². The van der Waals surface area contributed by atoms with E-state index in [0.717, 1.165) is 68.1 Å². The van der Waals surface area contributed by atoms with E-state index < -0.39 is 0 Å². The summed E-state index contributed by atoms with van der Waals surface area (Å²) in [4.78, 5) is 5.20. The van der Waals surface area contributed by atoms with Crippen molar-refractivity contribution in [1.82, 2.24) is 30.0 Å². The Morgan fingerprint density at radius 2 is 1.78 bits per heavy atom. The van der Waals surface area contributed by atoms with Crippen LogP contribution in [0.1, 0.15) is 63.4 Å². The van der Waals surface area contributed by atoms with E-state index in [-0.39, 0.29) is 6.04 Å². The minimum atomic E-state index is -0.0760. The Morgan fingerprint density at radius 1 is 1.03 bits per heavy atom. The van der Waals surface area contributed by atoms with E-state index >= 15 is 0 Å². The molecule has 4 rings (SSSR count). The summed E-state index contributed by atoms with van der Waals surface area (Å²) in [5.41, 5.74) is 1.06. The van der Waals surface area contributed by atoms with Gasteiger partial charge < -0.3 is 9.47 Å². The van der Waals surface area contributed by atoms with Gasteiger partial charge in [0.1, 0.15) is 17.5 Å². The summed E-state index contributed by atoms with van der Waals surface area (Å²) in [5.74, 6) is 3.13. The monoisotopic (exact) mass is 442 g/mol. The molecule has 1 aromatic heterocycles. The zero-order valence-electron chi connectivity index (χ0n) is 20.0. The molecule has 0 spiro atoms. The van der Waals surface area contributed by atoms with Gasteiger partial charge in [0.15, 0.2) is 5.82 Å². The normalized spacial score (nSPS) is 19.5. The molecule has 8 nitrogen and oxygen atoms in total. The number of rotatable bonds is 9. The Balaban J connectivity index is 1.65. The SMILES string of the molecule is COc1ccc(OC)c(C(c2nnnn2CCC(C)C)N2CCN(C3CCCC3)CC2)c1. The van der Waals surface area contributed by atoms with Crippen molar-refractivity contribution in [3.63, 3.8) is 0 Å². The van der Waals surface area contributed by atoms with Crippen LogP contribution in [0.5, 0.6) is 11.5 Å². The van der Waals surface area contributed by atoms with Gasteiger partial charge >= 0.3 is 0 Å². The van der Waals surface area contributed by atoms with Gasteiger partial charge in [-0.25, -0.2) is 4.68 Å². The number of nitrogens with zero attached hydrogens (tertiary/aromatic N) is 6. The van der Waals surface area contributed by atoms with Gasteiger partial charge in [-0.2, -0.15) is 0 Å². The highest BCUT2D eigenvalue weighted by atomic mass is 16.5. The van der Waals surface area contributed by atoms with E-state index in [9.17, 15) is 0 Å². The first-order valence-electron chi connectivity index (χ1n) is 12.1. The van der Waals surface area contributed by atoms with E-state index in [4.69, 9.17) is 9.47 Å². The number of piperazine rings is 1. The Bertz CT molecular complexity index is 856. The minimum absolute atomic E-state index is 0.0760. The Morgan fingerprint density at radius 3 is 2.44 bits per heavy atom. The van der Waals surface area contributed by atoms with Crippen LogP contribution in [0, 0.1) is 5.92 Å². The minimum Gasteiger partial charge on any atom is -0.497 e. The van der Waals surface area contributed by atoms with Crippen LogP contribution in [0.15, 0.2) is 18.2 Å². The van der Waals surface area contributed by atoms with Gasteiger partial charge in [-0.3, -0.25) is 9.80 Å². The zero-order chi connectivity index (χ0) is 22.5. The van der Waals surface area contributed by atoms with E-state index in [2.05, 4.69) is 45.2 Å². The van der Waals surface area contributed by atoms with Crippen LogP contribution in [-0.4, -0.2) is 76.4 Å². The quantitative estimate of drug-likeness (QED) is 0.590. The second-order valence-electron chi connectivity index (χ2n) is 9.46. The molecular weight excluding hydrogens is 404 g/mol. The van der Waals surface area contributed by atoms with Crippen molar-refractivity contribution in [2.75, 3.05) is 40.4 Å². The fraction of sp³-hybridized carbons (Fsp3) is 0.708. The average Bonchev–Trinajstić information content (AvgIpc) is 3.51. The molecule has 1 saturated carbocycles. The van der Waals surface area contributed by atoms with Crippen LogP contribution in [-0.2, 0) is 6.54 Å². The van der Waals surface area contributed by atoms with Crippen LogP contribution in [0.3, 0.4) is 0 Å². The number of hydrogen-bond donors (Lipinski definition) is 0. The summed E-state index contributed by atoms with van der Waals surface area (Å²) < 4.78 is 13.3. The molecule has 8 heteroatoms. The average molecular weight is 443 g/mol. The van der Waals surface area contributed by atoms with Crippen LogP contribution >= 0.6 is 0 Å². The van der Waals surface area contributed by atoms with Gasteiger partial charge in [0.25, 0.3) is 0 Å². The lowest BCUT2D eigenvalue weighted by Crippen LogP contribution is -2.51. The summed E-state index contributed by atoms with van der Waals surface area (Å²) in [6, 6.07) is 6.69. The highest BCUT2D eigenvalue weighted by Crippen LogP contribution is 2.37. The molecule has 1 aliphatic carbocycles. The van der Waals surface area contributed by atoms with E-state index in [1.165, 1.54) is 25.7 Å². The zero-order valence-corrected chi connectivity index (χ0v) is 20.0. The van der Waals surface area contributed by atoms with E-state index in [0.29, 0.717) is 5.92 Å². The molecule has 1 aromatic carbocycles. The van der Waals surface area contributed by atoms with Crippen LogP contribution in [0.4, 0.5) is 0 Å². The molecule has 1 atom stereocenters. The molecule has 176 valence electrons. The van der Waals surface area contributed by atoms with Gasteiger partial charge in [-0.05, 0) is 53.8 Å². The number of benzene rings is 1. The first kappa shape index (κ1) is 23.0. The van der Waals surface area contributed by atoms with Gasteiger partial charge in [0.05, 0.1) is 14.2 Å². The predicted octanol–water partition coefficient (Wildman–Crippen LogP) is 3.39. The first-order chi connectivity index (χ1) is 15.6. The summed E-state index contributed by atoms with van der Waals surface area (Å²) in [5, 5.41) is 12.9. The van der Waals surface area contributed by atoms with Crippen molar-refractivity contribution >= 4 is 0 Å². The molecular formula is C24H38N6O2. The van der Waals surface area contributed by atoms with Crippen molar-refractivity contribution in [2.45, 2.75) is 64.6 Å². The standard InChI is InChI=1S/C24H38N6O2/c1-18(2)11-12-30-24(25-26-27-30)23(21-17-20(31-3)9-10-22(21)32-4)29-15-13-28(14-16-29)19-7-5-6-8-19/h9-10,17-19,23H,5-8,11-16H2,1-4H3. The fourth-order valence-electron chi connectivity index (χ4n) is 5.13. The molecule has 0 N–H and O–H groups in total.